The fourth-order valence-corrected chi connectivity index (χ4v) is 4.34. The van der Waals surface area contributed by atoms with Crippen LogP contribution in [0, 0.1) is 12.7 Å². The molecule has 0 aliphatic heterocycles. The third kappa shape index (κ3) is 4.52. The summed E-state index contributed by atoms with van der Waals surface area (Å²) < 4.78 is 18.9. The smallest absolute Gasteiger partial charge is 0.263 e. The number of hydrogen-bond acceptors (Lipinski definition) is 7. The monoisotopic (exact) mass is 426 g/mol. The van der Waals surface area contributed by atoms with Gasteiger partial charge in [0.15, 0.2) is 4.34 Å². The molecule has 0 bridgehead atoms. The minimum atomic E-state index is -0.353. The Morgan fingerprint density at radius 2 is 1.90 bits per heavy atom. The van der Waals surface area contributed by atoms with Gasteiger partial charge in [-0.1, -0.05) is 70.7 Å². The molecule has 4 rings (SSSR count). The van der Waals surface area contributed by atoms with Crippen LogP contribution in [0.5, 0.6) is 0 Å². The Labute approximate surface area is 174 Å². The largest absolute Gasteiger partial charge is 0.360 e. The summed E-state index contributed by atoms with van der Waals surface area (Å²) in [4.78, 5) is 12.8. The molecule has 0 radical (unpaired) electrons. The summed E-state index contributed by atoms with van der Waals surface area (Å²) in [5, 5.41) is 15.3. The second kappa shape index (κ2) is 8.54. The maximum absolute atomic E-state index is 13.0. The van der Waals surface area contributed by atoms with Gasteiger partial charge in [0.25, 0.3) is 5.91 Å². The molecule has 2 heterocycles. The molecule has 0 saturated carbocycles. The first kappa shape index (κ1) is 19.3. The number of aryl methyl sites for hydroxylation is 1. The lowest BCUT2D eigenvalue weighted by Crippen LogP contribution is -2.13. The van der Waals surface area contributed by atoms with E-state index in [1.54, 1.807) is 19.1 Å². The molecule has 0 saturated heterocycles. The number of carbonyl (C=O) groups excluding carboxylic acids is 1. The van der Waals surface area contributed by atoms with Crippen LogP contribution in [0.25, 0.3) is 11.3 Å². The summed E-state index contributed by atoms with van der Waals surface area (Å²) in [7, 11) is 0. The fourth-order valence-electron chi connectivity index (χ4n) is 2.64. The van der Waals surface area contributed by atoms with Crippen LogP contribution in [0.2, 0.25) is 0 Å². The van der Waals surface area contributed by atoms with Crippen LogP contribution >= 0.6 is 23.1 Å². The highest BCUT2D eigenvalue weighted by atomic mass is 32.2. The number of carbonyl (C=O) groups is 1. The Kier molecular flexibility index (Phi) is 5.68. The number of halogens is 1. The molecule has 2 aromatic carbocycles. The van der Waals surface area contributed by atoms with Crippen molar-refractivity contribution in [1.29, 1.82) is 0 Å². The molecular weight excluding hydrogens is 411 g/mol. The second-order valence-electron chi connectivity index (χ2n) is 6.07. The first-order valence-electron chi connectivity index (χ1n) is 8.64. The van der Waals surface area contributed by atoms with Crippen molar-refractivity contribution in [3.05, 3.63) is 77.3 Å². The van der Waals surface area contributed by atoms with Crippen molar-refractivity contribution in [3.8, 4) is 11.3 Å². The summed E-state index contributed by atoms with van der Waals surface area (Å²) in [6.07, 6.45) is 0. The van der Waals surface area contributed by atoms with Gasteiger partial charge in [0.1, 0.15) is 22.8 Å². The third-order valence-corrected chi connectivity index (χ3v) is 6.08. The number of hydrogen-bond donors (Lipinski definition) is 1. The van der Waals surface area contributed by atoms with Crippen molar-refractivity contribution >= 4 is 34.1 Å². The van der Waals surface area contributed by atoms with E-state index in [1.165, 1.54) is 35.2 Å². The van der Waals surface area contributed by atoms with E-state index in [0.29, 0.717) is 32.2 Å². The van der Waals surface area contributed by atoms with Gasteiger partial charge >= 0.3 is 0 Å². The highest BCUT2D eigenvalue weighted by molar-refractivity contribution is 8.00. The van der Waals surface area contributed by atoms with Crippen LogP contribution in [0.4, 0.5) is 9.52 Å². The van der Waals surface area contributed by atoms with Crippen molar-refractivity contribution in [2.24, 2.45) is 0 Å². The quantitative estimate of drug-likeness (QED) is 0.338. The molecule has 29 heavy (non-hydrogen) atoms. The zero-order chi connectivity index (χ0) is 20.2. The summed E-state index contributed by atoms with van der Waals surface area (Å²) >= 11 is 2.74. The van der Waals surface area contributed by atoms with Gasteiger partial charge < -0.3 is 4.52 Å². The van der Waals surface area contributed by atoms with E-state index in [1.807, 2.05) is 30.3 Å². The number of nitrogens with zero attached hydrogens (tertiary/aromatic N) is 3. The van der Waals surface area contributed by atoms with Crippen LogP contribution < -0.4 is 5.32 Å². The molecule has 1 N–H and O–H groups in total. The maximum atomic E-state index is 13.0. The third-order valence-electron chi connectivity index (χ3n) is 4.04. The van der Waals surface area contributed by atoms with Gasteiger partial charge in [0.05, 0.1) is 0 Å². The summed E-state index contributed by atoms with van der Waals surface area (Å²) in [6, 6.07) is 15.7. The first-order chi connectivity index (χ1) is 14.1. The molecule has 0 aliphatic rings. The molecule has 146 valence electrons. The van der Waals surface area contributed by atoms with Gasteiger partial charge in [-0.15, -0.1) is 10.2 Å². The lowest BCUT2D eigenvalue weighted by molar-refractivity contribution is 0.102. The molecule has 0 atom stereocenters. The van der Waals surface area contributed by atoms with Crippen molar-refractivity contribution < 1.29 is 13.7 Å². The molecule has 0 unspecified atom stereocenters. The predicted octanol–water partition coefficient (Wildman–Crippen LogP) is 5.19. The number of thioether (sulfide) groups is 1. The lowest BCUT2D eigenvalue weighted by Gasteiger charge is -2.02. The zero-order valence-corrected chi connectivity index (χ0v) is 16.9. The van der Waals surface area contributed by atoms with E-state index in [0.717, 1.165) is 11.1 Å². The van der Waals surface area contributed by atoms with E-state index < -0.39 is 0 Å². The molecule has 9 heteroatoms. The van der Waals surface area contributed by atoms with Crippen LogP contribution in [-0.2, 0) is 5.75 Å². The van der Waals surface area contributed by atoms with E-state index in [9.17, 15) is 9.18 Å². The average molecular weight is 426 g/mol. The lowest BCUT2D eigenvalue weighted by atomic mass is 10.1. The maximum Gasteiger partial charge on any atom is 0.263 e. The Hall–Kier alpha value is -3.04. The van der Waals surface area contributed by atoms with E-state index >= 15 is 0 Å². The number of benzene rings is 2. The molecule has 0 spiro atoms. The van der Waals surface area contributed by atoms with Gasteiger partial charge in [0, 0.05) is 11.3 Å². The highest BCUT2D eigenvalue weighted by Crippen LogP contribution is 2.30. The van der Waals surface area contributed by atoms with Gasteiger partial charge in [-0.05, 0) is 24.6 Å². The van der Waals surface area contributed by atoms with Crippen LogP contribution in [0.15, 0.2) is 63.5 Å². The molecule has 0 fully saturated rings. The second-order valence-corrected chi connectivity index (χ2v) is 8.27. The van der Waals surface area contributed by atoms with Crippen LogP contribution in [-0.4, -0.2) is 21.3 Å². The van der Waals surface area contributed by atoms with Crippen molar-refractivity contribution in [1.82, 2.24) is 15.4 Å². The molecule has 4 aromatic rings. The number of aromatic nitrogens is 3. The summed E-state index contributed by atoms with van der Waals surface area (Å²) in [6.45, 7) is 1.69. The van der Waals surface area contributed by atoms with Gasteiger partial charge in [-0.2, -0.15) is 0 Å². The Balaban J connectivity index is 1.45. The van der Waals surface area contributed by atoms with Crippen LogP contribution in [0.3, 0.4) is 0 Å². The Morgan fingerprint density at radius 1 is 1.14 bits per heavy atom. The summed E-state index contributed by atoms with van der Waals surface area (Å²) in [5.74, 6) is 0.440. The fraction of sp³-hybridized carbons (Fsp3) is 0.100. The highest BCUT2D eigenvalue weighted by Gasteiger charge is 2.22. The van der Waals surface area contributed by atoms with E-state index in [-0.39, 0.29) is 11.7 Å². The Morgan fingerprint density at radius 3 is 2.66 bits per heavy atom. The van der Waals surface area contributed by atoms with Gasteiger partial charge in [-0.3, -0.25) is 10.1 Å². The van der Waals surface area contributed by atoms with E-state index in [4.69, 9.17) is 4.52 Å². The van der Waals surface area contributed by atoms with Crippen LogP contribution in [0.1, 0.15) is 21.7 Å². The molecule has 2 aromatic heterocycles. The molecule has 0 aliphatic carbocycles. The normalized spacial score (nSPS) is 10.8. The topological polar surface area (TPSA) is 80.9 Å². The van der Waals surface area contributed by atoms with Gasteiger partial charge in [0.2, 0.25) is 5.13 Å². The summed E-state index contributed by atoms with van der Waals surface area (Å²) in [5.41, 5.74) is 2.62. The van der Waals surface area contributed by atoms with Crippen molar-refractivity contribution in [3.63, 3.8) is 0 Å². The number of amides is 1. The average Bonchev–Trinajstić information content (AvgIpc) is 3.34. The Bertz CT molecular complexity index is 1130. The van der Waals surface area contributed by atoms with E-state index in [2.05, 4.69) is 20.7 Å². The SMILES string of the molecule is Cc1onc(-c2ccccc2)c1C(=O)Nc1nnc(SCc2ccc(F)cc2)s1. The zero-order valence-electron chi connectivity index (χ0n) is 15.3. The number of nitrogens with one attached hydrogen (secondary N) is 1. The molecule has 1 amide bonds. The minimum absolute atomic E-state index is 0.265. The number of rotatable bonds is 6. The van der Waals surface area contributed by atoms with Gasteiger partial charge in [-0.25, -0.2) is 4.39 Å². The first-order valence-corrected chi connectivity index (χ1v) is 10.4. The molecular formula is C20H15FN4O2S2. The minimum Gasteiger partial charge on any atom is -0.360 e. The number of anilines is 1. The predicted molar refractivity (Wildman–Crippen MR) is 110 cm³/mol. The van der Waals surface area contributed by atoms with Crippen molar-refractivity contribution in [2.75, 3.05) is 5.32 Å². The molecule has 6 nitrogen and oxygen atoms in total. The standard InChI is InChI=1S/C20H15FN4O2S2/c1-12-16(17(25-27-12)14-5-3-2-4-6-14)18(26)22-19-23-24-20(29-19)28-11-13-7-9-15(21)10-8-13/h2-10H,11H2,1H3,(H,22,23,26). The van der Waals surface area contributed by atoms with Crippen molar-refractivity contribution in [2.45, 2.75) is 17.0 Å².